The van der Waals surface area contributed by atoms with Crippen LogP contribution in [0.15, 0.2) is 41.7 Å². The average molecular weight is 284 g/mol. The third-order valence-corrected chi connectivity index (χ3v) is 3.82. The summed E-state index contributed by atoms with van der Waals surface area (Å²) in [5.74, 6) is -0.0156. The van der Waals surface area contributed by atoms with Crippen molar-refractivity contribution in [1.82, 2.24) is 9.88 Å². The van der Waals surface area contributed by atoms with Crippen LogP contribution in [0.3, 0.4) is 0 Å². The van der Waals surface area contributed by atoms with E-state index in [0.29, 0.717) is 12.1 Å². The first-order valence-corrected chi connectivity index (χ1v) is 6.84. The second kappa shape index (κ2) is 5.40. The van der Waals surface area contributed by atoms with Gasteiger partial charge in [-0.3, -0.25) is 9.78 Å². The quantitative estimate of drug-likeness (QED) is 0.379. The minimum Gasteiger partial charge on any atom is -0.409 e. The van der Waals surface area contributed by atoms with Crippen molar-refractivity contribution in [3.05, 3.63) is 42.1 Å². The van der Waals surface area contributed by atoms with Crippen LogP contribution in [0.25, 0.3) is 10.9 Å². The van der Waals surface area contributed by atoms with Gasteiger partial charge in [-0.05, 0) is 37.1 Å². The Morgan fingerprint density at radius 1 is 1.43 bits per heavy atom. The zero-order valence-electron chi connectivity index (χ0n) is 11.4. The molecule has 0 radical (unpaired) electrons. The number of hydrogen-bond acceptors (Lipinski definition) is 4. The highest BCUT2D eigenvalue weighted by Crippen LogP contribution is 2.22. The van der Waals surface area contributed by atoms with E-state index < -0.39 is 0 Å². The summed E-state index contributed by atoms with van der Waals surface area (Å²) in [5, 5.41) is 12.8. The van der Waals surface area contributed by atoms with Crippen molar-refractivity contribution in [2.45, 2.75) is 18.9 Å². The smallest absolute Gasteiger partial charge is 0.254 e. The van der Waals surface area contributed by atoms with Crippen LogP contribution in [0.1, 0.15) is 23.2 Å². The molecule has 6 nitrogen and oxygen atoms in total. The highest BCUT2D eigenvalue weighted by molar-refractivity contribution is 6.01. The van der Waals surface area contributed by atoms with Crippen LogP contribution in [0, 0.1) is 0 Å². The van der Waals surface area contributed by atoms with E-state index in [-0.39, 0.29) is 17.8 Å². The van der Waals surface area contributed by atoms with Crippen molar-refractivity contribution < 1.29 is 10.0 Å². The summed E-state index contributed by atoms with van der Waals surface area (Å²) in [6, 6.07) is 8.85. The Labute approximate surface area is 121 Å². The Morgan fingerprint density at radius 3 is 3.10 bits per heavy atom. The van der Waals surface area contributed by atoms with Gasteiger partial charge in [0.15, 0.2) is 5.84 Å². The van der Waals surface area contributed by atoms with E-state index >= 15 is 0 Å². The number of amides is 1. The number of amidine groups is 1. The largest absolute Gasteiger partial charge is 0.409 e. The van der Waals surface area contributed by atoms with Crippen LogP contribution in [-0.2, 0) is 0 Å². The average Bonchev–Trinajstić information content (AvgIpc) is 3.02. The van der Waals surface area contributed by atoms with E-state index in [4.69, 9.17) is 10.9 Å². The molecule has 0 saturated carbocycles. The van der Waals surface area contributed by atoms with E-state index in [1.54, 1.807) is 17.2 Å². The Morgan fingerprint density at radius 2 is 2.29 bits per heavy atom. The molecule has 1 saturated heterocycles. The Bertz CT molecular complexity index is 714. The molecule has 3 rings (SSSR count). The van der Waals surface area contributed by atoms with Gasteiger partial charge in [-0.2, -0.15) is 0 Å². The van der Waals surface area contributed by atoms with Gasteiger partial charge in [0.05, 0.1) is 11.6 Å². The summed E-state index contributed by atoms with van der Waals surface area (Å²) >= 11 is 0. The molecule has 1 aromatic heterocycles. The van der Waals surface area contributed by atoms with Gasteiger partial charge in [-0.15, -0.1) is 0 Å². The highest BCUT2D eigenvalue weighted by atomic mass is 16.4. The second-order valence-electron chi connectivity index (χ2n) is 5.09. The fourth-order valence-electron chi connectivity index (χ4n) is 2.76. The summed E-state index contributed by atoms with van der Waals surface area (Å²) in [4.78, 5) is 18.5. The number of rotatable bonds is 2. The van der Waals surface area contributed by atoms with Crippen LogP contribution in [-0.4, -0.2) is 39.4 Å². The summed E-state index contributed by atoms with van der Waals surface area (Å²) < 4.78 is 0. The number of carbonyl (C=O) groups is 1. The molecule has 3 N–H and O–H groups in total. The lowest BCUT2D eigenvalue weighted by Gasteiger charge is -2.23. The molecule has 6 heteroatoms. The van der Waals surface area contributed by atoms with E-state index in [1.165, 1.54) is 0 Å². The van der Waals surface area contributed by atoms with Crippen LogP contribution >= 0.6 is 0 Å². The molecule has 0 spiro atoms. The maximum atomic E-state index is 12.6. The molecular formula is C15H16N4O2. The molecule has 1 aliphatic heterocycles. The first-order valence-electron chi connectivity index (χ1n) is 6.84. The number of oxime groups is 1. The highest BCUT2D eigenvalue weighted by Gasteiger charge is 2.32. The second-order valence-corrected chi connectivity index (χ2v) is 5.09. The molecule has 1 aromatic carbocycles. The Hall–Kier alpha value is -2.63. The molecule has 1 amide bonds. The molecule has 1 aliphatic rings. The van der Waals surface area contributed by atoms with Gasteiger partial charge >= 0.3 is 0 Å². The number of nitrogens with two attached hydrogens (primary N) is 1. The minimum absolute atomic E-state index is 0.0864. The molecule has 1 fully saturated rings. The fraction of sp³-hybridized carbons (Fsp3) is 0.267. The predicted octanol–water partition coefficient (Wildman–Crippen LogP) is 1.59. The van der Waals surface area contributed by atoms with Gasteiger partial charge in [-0.1, -0.05) is 11.2 Å². The number of fused-ring (bicyclic) bond motifs is 1. The zero-order valence-corrected chi connectivity index (χ0v) is 11.4. The molecular weight excluding hydrogens is 268 g/mol. The lowest BCUT2D eigenvalue weighted by atomic mass is 10.1. The number of nitrogens with zero attached hydrogens (tertiary/aromatic N) is 3. The summed E-state index contributed by atoms with van der Waals surface area (Å²) in [5.41, 5.74) is 7.11. The van der Waals surface area contributed by atoms with E-state index in [2.05, 4.69) is 10.1 Å². The number of benzene rings is 1. The van der Waals surface area contributed by atoms with Gasteiger partial charge in [0, 0.05) is 23.7 Å². The molecule has 2 heterocycles. The monoisotopic (exact) mass is 284 g/mol. The van der Waals surface area contributed by atoms with Crippen LogP contribution in [0.5, 0.6) is 0 Å². The van der Waals surface area contributed by atoms with Gasteiger partial charge in [-0.25, -0.2) is 0 Å². The van der Waals surface area contributed by atoms with Crippen molar-refractivity contribution in [2.24, 2.45) is 10.9 Å². The number of aromatic nitrogens is 1. The van der Waals surface area contributed by atoms with Crippen LogP contribution in [0.4, 0.5) is 0 Å². The number of carbonyl (C=O) groups excluding carboxylic acids is 1. The van der Waals surface area contributed by atoms with Crippen molar-refractivity contribution in [3.8, 4) is 0 Å². The Balaban J connectivity index is 1.92. The maximum absolute atomic E-state index is 12.6. The Kier molecular flexibility index (Phi) is 3.43. The summed E-state index contributed by atoms with van der Waals surface area (Å²) in [6.07, 6.45) is 3.29. The zero-order chi connectivity index (χ0) is 14.8. The summed E-state index contributed by atoms with van der Waals surface area (Å²) in [7, 11) is 0. The van der Waals surface area contributed by atoms with Crippen molar-refractivity contribution in [1.29, 1.82) is 0 Å². The van der Waals surface area contributed by atoms with E-state index in [1.807, 2.05) is 24.3 Å². The lowest BCUT2D eigenvalue weighted by Crippen LogP contribution is -2.43. The standard InChI is InChI=1S/C15H16N4O2/c16-14(18-21)13-4-2-8-19(13)15(20)11-5-6-12-10(9-11)3-1-7-17-12/h1,3,5-7,9,13,21H,2,4,8H2,(H2,16,18). The normalized spacial score (nSPS) is 19.1. The predicted molar refractivity (Wildman–Crippen MR) is 79.2 cm³/mol. The molecule has 0 bridgehead atoms. The van der Waals surface area contributed by atoms with Gasteiger partial charge in [0.1, 0.15) is 0 Å². The SMILES string of the molecule is NC(=NO)C1CCCN1C(=O)c1ccc2ncccc2c1. The number of hydrogen-bond donors (Lipinski definition) is 2. The van der Waals surface area contributed by atoms with E-state index in [0.717, 1.165) is 23.7 Å². The van der Waals surface area contributed by atoms with Crippen molar-refractivity contribution in [3.63, 3.8) is 0 Å². The first-order chi connectivity index (χ1) is 10.2. The molecule has 1 atom stereocenters. The van der Waals surface area contributed by atoms with E-state index in [9.17, 15) is 4.79 Å². The van der Waals surface area contributed by atoms with Crippen LogP contribution < -0.4 is 5.73 Å². The third kappa shape index (κ3) is 2.40. The lowest BCUT2D eigenvalue weighted by molar-refractivity contribution is 0.0768. The van der Waals surface area contributed by atoms with Gasteiger partial charge in [0.25, 0.3) is 5.91 Å². The number of pyridine rings is 1. The topological polar surface area (TPSA) is 91.8 Å². The molecule has 1 unspecified atom stereocenters. The maximum Gasteiger partial charge on any atom is 0.254 e. The van der Waals surface area contributed by atoms with Crippen LogP contribution in [0.2, 0.25) is 0 Å². The summed E-state index contributed by atoms with van der Waals surface area (Å²) in [6.45, 7) is 0.616. The molecule has 108 valence electrons. The van der Waals surface area contributed by atoms with Crippen molar-refractivity contribution in [2.75, 3.05) is 6.54 Å². The third-order valence-electron chi connectivity index (χ3n) is 3.82. The first kappa shape index (κ1) is 13.4. The number of likely N-dealkylation sites (tertiary alicyclic amines) is 1. The fourth-order valence-corrected chi connectivity index (χ4v) is 2.76. The van der Waals surface area contributed by atoms with Gasteiger partial charge in [0.2, 0.25) is 0 Å². The molecule has 21 heavy (non-hydrogen) atoms. The minimum atomic E-state index is -0.327. The molecule has 2 aromatic rings. The van der Waals surface area contributed by atoms with Gasteiger partial charge < -0.3 is 15.8 Å². The molecule has 0 aliphatic carbocycles. The van der Waals surface area contributed by atoms with Crippen molar-refractivity contribution >= 4 is 22.6 Å².